The molecule has 1 fully saturated rings. The number of halogens is 3. The van der Waals surface area contributed by atoms with Gasteiger partial charge in [-0.2, -0.15) is 24.9 Å². The lowest BCUT2D eigenvalue weighted by Crippen LogP contribution is -2.45. The predicted octanol–water partition coefficient (Wildman–Crippen LogP) is 2.59. The minimum absolute atomic E-state index is 0.0693. The summed E-state index contributed by atoms with van der Waals surface area (Å²) in [5.41, 5.74) is -1.03. The normalized spacial score (nSPS) is 26.9. The number of alkyl halides is 3. The third-order valence-electron chi connectivity index (χ3n) is 3.61. The van der Waals surface area contributed by atoms with E-state index in [1.165, 1.54) is 11.8 Å². The molecule has 0 aromatic heterocycles. The van der Waals surface area contributed by atoms with Crippen LogP contribution in [-0.4, -0.2) is 41.3 Å². The highest BCUT2D eigenvalue weighted by Gasteiger charge is 2.43. The summed E-state index contributed by atoms with van der Waals surface area (Å²) in [5.74, 6) is -1.89. The van der Waals surface area contributed by atoms with E-state index in [2.05, 4.69) is 5.32 Å². The van der Waals surface area contributed by atoms with Crippen molar-refractivity contribution < 1.29 is 23.1 Å². The molecule has 3 unspecified atom stereocenters. The molecule has 1 aliphatic rings. The van der Waals surface area contributed by atoms with Crippen LogP contribution in [0.5, 0.6) is 0 Å². The molecule has 0 bridgehead atoms. The molecule has 7 heteroatoms. The minimum atomic E-state index is -4.22. The maximum atomic E-state index is 12.7. The lowest BCUT2D eigenvalue weighted by Gasteiger charge is -2.30. The van der Waals surface area contributed by atoms with Gasteiger partial charge in [-0.05, 0) is 32.4 Å². The van der Waals surface area contributed by atoms with Crippen LogP contribution in [-0.2, 0) is 4.79 Å². The van der Waals surface area contributed by atoms with Crippen molar-refractivity contribution in [3.8, 4) is 0 Å². The summed E-state index contributed by atoms with van der Waals surface area (Å²) in [6.07, 6.45) is -1.50. The number of thioether (sulfide) groups is 1. The zero-order valence-corrected chi connectivity index (χ0v) is 12.6. The average molecular weight is 313 g/mol. The summed E-state index contributed by atoms with van der Waals surface area (Å²) >= 11 is 1.45. The Morgan fingerprint density at radius 2 is 2.05 bits per heavy atom. The molecular weight excluding hydrogens is 291 g/mol. The molecule has 0 saturated heterocycles. The molecule has 0 aromatic carbocycles. The lowest BCUT2D eigenvalue weighted by atomic mass is 9.80. The first-order valence-electron chi connectivity index (χ1n) is 6.71. The van der Waals surface area contributed by atoms with Gasteiger partial charge < -0.3 is 10.4 Å². The minimum Gasteiger partial charge on any atom is -0.387 e. The lowest BCUT2D eigenvalue weighted by molar-refractivity contribution is -0.186. The Hall–Kier alpha value is -0.430. The average Bonchev–Trinajstić information content (AvgIpc) is 2.35. The van der Waals surface area contributed by atoms with Gasteiger partial charge in [-0.3, -0.25) is 4.79 Å². The van der Waals surface area contributed by atoms with Crippen molar-refractivity contribution in [2.24, 2.45) is 11.8 Å². The van der Waals surface area contributed by atoms with Gasteiger partial charge in [0.15, 0.2) is 0 Å². The molecule has 1 rings (SSSR count). The predicted molar refractivity (Wildman–Crippen MR) is 73.5 cm³/mol. The summed E-state index contributed by atoms with van der Waals surface area (Å²) in [7, 11) is 0. The van der Waals surface area contributed by atoms with Crippen molar-refractivity contribution in [2.75, 3.05) is 18.6 Å². The van der Waals surface area contributed by atoms with Crippen LogP contribution in [0.2, 0.25) is 0 Å². The first kappa shape index (κ1) is 17.6. The van der Waals surface area contributed by atoms with Crippen molar-refractivity contribution in [3.05, 3.63) is 0 Å². The second-order valence-electron chi connectivity index (χ2n) is 5.75. The van der Waals surface area contributed by atoms with Crippen molar-refractivity contribution in [1.82, 2.24) is 5.32 Å². The molecule has 20 heavy (non-hydrogen) atoms. The number of carbonyl (C=O) groups is 1. The molecule has 0 heterocycles. The Bertz CT molecular complexity index is 334. The van der Waals surface area contributed by atoms with Crippen LogP contribution in [0, 0.1) is 11.8 Å². The van der Waals surface area contributed by atoms with Crippen LogP contribution < -0.4 is 5.32 Å². The van der Waals surface area contributed by atoms with E-state index >= 15 is 0 Å². The summed E-state index contributed by atoms with van der Waals surface area (Å²) in [5, 5.41) is 12.5. The Kier molecular flexibility index (Phi) is 6.19. The number of nitrogens with one attached hydrogen (secondary N) is 1. The molecule has 3 nitrogen and oxygen atoms in total. The fraction of sp³-hybridized carbons (Fsp3) is 0.923. The maximum Gasteiger partial charge on any atom is 0.391 e. The number of amides is 1. The fourth-order valence-electron chi connectivity index (χ4n) is 2.51. The van der Waals surface area contributed by atoms with Crippen LogP contribution >= 0.6 is 11.8 Å². The fourth-order valence-corrected chi connectivity index (χ4v) is 3.23. The monoisotopic (exact) mass is 313 g/mol. The Morgan fingerprint density at radius 3 is 2.60 bits per heavy atom. The van der Waals surface area contributed by atoms with E-state index in [0.717, 1.165) is 0 Å². The van der Waals surface area contributed by atoms with Crippen LogP contribution in [0.25, 0.3) is 0 Å². The largest absolute Gasteiger partial charge is 0.391 e. The van der Waals surface area contributed by atoms with E-state index in [1.54, 1.807) is 6.92 Å². The van der Waals surface area contributed by atoms with Crippen molar-refractivity contribution in [3.63, 3.8) is 0 Å². The van der Waals surface area contributed by atoms with E-state index in [1.807, 2.05) is 6.26 Å². The van der Waals surface area contributed by atoms with Crippen molar-refractivity contribution in [2.45, 2.75) is 44.4 Å². The summed E-state index contributed by atoms with van der Waals surface area (Å²) in [6, 6.07) is 0. The molecule has 3 atom stereocenters. The molecule has 0 aromatic rings. The van der Waals surface area contributed by atoms with E-state index < -0.39 is 23.6 Å². The Balaban J connectivity index is 2.47. The molecule has 0 spiro atoms. The number of hydrogen-bond donors (Lipinski definition) is 2. The first-order valence-corrected chi connectivity index (χ1v) is 8.11. The van der Waals surface area contributed by atoms with Gasteiger partial charge in [-0.25, -0.2) is 0 Å². The van der Waals surface area contributed by atoms with Gasteiger partial charge in [0.2, 0.25) is 5.91 Å². The van der Waals surface area contributed by atoms with E-state index in [-0.39, 0.29) is 25.3 Å². The molecule has 0 radical (unpaired) electrons. The molecular formula is C13H22F3NO2S. The molecule has 2 N–H and O–H groups in total. The SMILES string of the molecule is CSCC(C)(O)CNC(=O)C1CCCC(C(F)(F)F)C1. The van der Waals surface area contributed by atoms with Gasteiger partial charge in [-0.15, -0.1) is 0 Å². The second kappa shape index (κ2) is 7.02. The smallest absolute Gasteiger partial charge is 0.387 e. The van der Waals surface area contributed by atoms with Gasteiger partial charge in [0, 0.05) is 18.2 Å². The third-order valence-corrected chi connectivity index (χ3v) is 4.52. The maximum absolute atomic E-state index is 12.7. The second-order valence-corrected chi connectivity index (χ2v) is 6.62. The standard InChI is InChI=1S/C13H22F3NO2S/c1-12(19,8-20-2)7-17-11(18)9-4-3-5-10(6-9)13(14,15)16/h9-10,19H,3-8H2,1-2H3,(H,17,18). The third kappa shape index (κ3) is 5.52. The molecule has 1 amide bonds. The number of hydrogen-bond acceptors (Lipinski definition) is 3. The highest BCUT2D eigenvalue weighted by atomic mass is 32.2. The van der Waals surface area contributed by atoms with Crippen LogP contribution in [0.4, 0.5) is 13.2 Å². The summed E-state index contributed by atoms with van der Waals surface area (Å²) in [4.78, 5) is 11.9. The zero-order valence-electron chi connectivity index (χ0n) is 11.8. The highest BCUT2D eigenvalue weighted by Crippen LogP contribution is 2.39. The Morgan fingerprint density at radius 1 is 1.40 bits per heavy atom. The molecule has 0 aliphatic heterocycles. The molecule has 118 valence electrons. The molecule has 1 saturated carbocycles. The van der Waals surface area contributed by atoms with Gasteiger partial charge in [0.1, 0.15) is 0 Å². The van der Waals surface area contributed by atoms with E-state index in [0.29, 0.717) is 18.6 Å². The number of rotatable bonds is 5. The van der Waals surface area contributed by atoms with E-state index in [9.17, 15) is 23.1 Å². The van der Waals surface area contributed by atoms with E-state index in [4.69, 9.17) is 0 Å². The number of carbonyl (C=O) groups excluding carboxylic acids is 1. The molecule has 1 aliphatic carbocycles. The van der Waals surface area contributed by atoms with Crippen LogP contribution in [0.1, 0.15) is 32.6 Å². The van der Waals surface area contributed by atoms with Gasteiger partial charge in [0.05, 0.1) is 11.5 Å². The first-order chi connectivity index (χ1) is 9.15. The van der Waals surface area contributed by atoms with Crippen LogP contribution in [0.3, 0.4) is 0 Å². The van der Waals surface area contributed by atoms with Crippen LogP contribution in [0.15, 0.2) is 0 Å². The summed E-state index contributed by atoms with van der Waals surface area (Å²) in [6.45, 7) is 1.67. The van der Waals surface area contributed by atoms with Crippen molar-refractivity contribution >= 4 is 17.7 Å². The van der Waals surface area contributed by atoms with Crippen molar-refractivity contribution in [1.29, 1.82) is 0 Å². The van der Waals surface area contributed by atoms with Gasteiger partial charge in [0.25, 0.3) is 0 Å². The topological polar surface area (TPSA) is 49.3 Å². The zero-order chi connectivity index (χ0) is 15.4. The van der Waals surface area contributed by atoms with Gasteiger partial charge in [-0.1, -0.05) is 6.42 Å². The summed E-state index contributed by atoms with van der Waals surface area (Å²) < 4.78 is 38.0. The van der Waals surface area contributed by atoms with Gasteiger partial charge >= 0.3 is 6.18 Å². The highest BCUT2D eigenvalue weighted by molar-refractivity contribution is 7.98. The number of aliphatic hydroxyl groups is 1. The quantitative estimate of drug-likeness (QED) is 0.820. The Labute approximate surface area is 121 Å².